The maximum absolute atomic E-state index is 6.06. The third-order valence-corrected chi connectivity index (χ3v) is 3.97. The molecule has 1 unspecified atom stereocenters. The first kappa shape index (κ1) is 14.6. The summed E-state index contributed by atoms with van der Waals surface area (Å²) in [7, 11) is 4.15. The zero-order valence-electron chi connectivity index (χ0n) is 12.4. The van der Waals surface area contributed by atoms with Crippen LogP contribution in [-0.4, -0.2) is 56.3 Å². The van der Waals surface area contributed by atoms with Crippen LogP contribution in [0.4, 0.5) is 5.69 Å². The van der Waals surface area contributed by atoms with Gasteiger partial charge in [0.15, 0.2) is 0 Å². The fraction of sp³-hybridized carbons (Fsp3) is 0.438. The zero-order chi connectivity index (χ0) is 14.8. The number of aromatic nitrogens is 1. The minimum Gasteiger partial charge on any atom is -0.373 e. The number of anilines is 1. The lowest BCUT2D eigenvalue weighted by atomic mass is 10.1. The van der Waals surface area contributed by atoms with E-state index in [0.717, 1.165) is 42.2 Å². The minimum absolute atomic E-state index is 0.240. The molecule has 0 N–H and O–H groups in total. The van der Waals surface area contributed by atoms with Crippen molar-refractivity contribution in [2.75, 3.05) is 45.2 Å². The van der Waals surface area contributed by atoms with E-state index in [1.165, 1.54) is 5.69 Å². The van der Waals surface area contributed by atoms with Crippen molar-refractivity contribution in [3.05, 3.63) is 35.5 Å². The maximum Gasteiger partial charge on any atom is 0.0877 e. The second-order valence-corrected chi connectivity index (χ2v) is 6.13. The van der Waals surface area contributed by atoms with Crippen LogP contribution in [0.1, 0.15) is 0 Å². The van der Waals surface area contributed by atoms with E-state index in [1.807, 2.05) is 18.3 Å². The van der Waals surface area contributed by atoms with Crippen molar-refractivity contribution in [1.29, 1.82) is 0 Å². The standard InChI is InChI=1S/C16H20ClN3O/c1-19(2)10-13-11-20(7-8-21-13)16-5-6-18-15-9-12(17)3-4-14(15)16/h3-6,9,13H,7-8,10-11H2,1-2H3. The lowest BCUT2D eigenvalue weighted by molar-refractivity contribution is 0.0248. The molecule has 0 bridgehead atoms. The van der Waals surface area contributed by atoms with E-state index in [9.17, 15) is 0 Å². The molecular weight excluding hydrogens is 286 g/mol. The van der Waals surface area contributed by atoms with Gasteiger partial charge in [0, 0.05) is 41.9 Å². The molecule has 3 rings (SSSR count). The van der Waals surface area contributed by atoms with Crippen LogP contribution in [0.2, 0.25) is 5.02 Å². The quantitative estimate of drug-likeness (QED) is 0.872. The monoisotopic (exact) mass is 305 g/mol. The predicted molar refractivity (Wildman–Crippen MR) is 87.3 cm³/mol. The Morgan fingerprint density at radius 2 is 2.24 bits per heavy atom. The van der Waals surface area contributed by atoms with E-state index in [-0.39, 0.29) is 6.10 Å². The van der Waals surface area contributed by atoms with E-state index in [0.29, 0.717) is 0 Å². The first-order valence-electron chi connectivity index (χ1n) is 7.19. The van der Waals surface area contributed by atoms with Crippen molar-refractivity contribution in [2.24, 2.45) is 0 Å². The predicted octanol–water partition coefficient (Wildman–Crippen LogP) is 2.66. The number of rotatable bonds is 3. The Hall–Kier alpha value is -1.36. The zero-order valence-corrected chi connectivity index (χ0v) is 13.2. The fourth-order valence-electron chi connectivity index (χ4n) is 2.84. The molecule has 1 atom stereocenters. The molecule has 0 radical (unpaired) electrons. The Bertz CT molecular complexity index is 632. The summed E-state index contributed by atoms with van der Waals surface area (Å²) < 4.78 is 5.85. The average Bonchev–Trinajstić information content (AvgIpc) is 2.46. The Balaban J connectivity index is 1.89. The number of halogens is 1. The molecular formula is C16H20ClN3O. The molecule has 1 aromatic heterocycles. The van der Waals surface area contributed by atoms with Crippen molar-refractivity contribution in [3.63, 3.8) is 0 Å². The van der Waals surface area contributed by atoms with Gasteiger partial charge in [-0.2, -0.15) is 0 Å². The van der Waals surface area contributed by atoms with Gasteiger partial charge in [-0.25, -0.2) is 0 Å². The molecule has 2 heterocycles. The van der Waals surface area contributed by atoms with Crippen molar-refractivity contribution in [1.82, 2.24) is 9.88 Å². The molecule has 1 aliphatic heterocycles. The van der Waals surface area contributed by atoms with Gasteiger partial charge in [-0.3, -0.25) is 4.98 Å². The molecule has 0 saturated carbocycles. The van der Waals surface area contributed by atoms with Crippen molar-refractivity contribution in [2.45, 2.75) is 6.10 Å². The number of fused-ring (bicyclic) bond motifs is 1. The van der Waals surface area contributed by atoms with E-state index in [2.05, 4.69) is 41.0 Å². The number of benzene rings is 1. The van der Waals surface area contributed by atoms with E-state index < -0.39 is 0 Å². The van der Waals surface area contributed by atoms with Crippen LogP contribution in [0.25, 0.3) is 10.9 Å². The SMILES string of the molecule is CN(C)CC1CN(c2ccnc3cc(Cl)ccc23)CCO1. The second-order valence-electron chi connectivity index (χ2n) is 5.69. The molecule has 112 valence electrons. The van der Waals surface area contributed by atoms with Gasteiger partial charge < -0.3 is 14.5 Å². The highest BCUT2D eigenvalue weighted by Gasteiger charge is 2.22. The molecule has 0 spiro atoms. The number of nitrogens with zero attached hydrogens (tertiary/aromatic N) is 3. The summed E-state index contributed by atoms with van der Waals surface area (Å²) in [4.78, 5) is 8.96. The topological polar surface area (TPSA) is 28.6 Å². The highest BCUT2D eigenvalue weighted by atomic mass is 35.5. The molecule has 1 aromatic carbocycles. The summed E-state index contributed by atoms with van der Waals surface area (Å²) in [5.74, 6) is 0. The smallest absolute Gasteiger partial charge is 0.0877 e. The number of hydrogen-bond acceptors (Lipinski definition) is 4. The highest BCUT2D eigenvalue weighted by molar-refractivity contribution is 6.31. The van der Waals surface area contributed by atoms with Gasteiger partial charge in [0.05, 0.1) is 18.2 Å². The Morgan fingerprint density at radius 3 is 3.05 bits per heavy atom. The van der Waals surface area contributed by atoms with Gasteiger partial charge in [-0.05, 0) is 38.4 Å². The molecule has 1 fully saturated rings. The highest BCUT2D eigenvalue weighted by Crippen LogP contribution is 2.28. The summed E-state index contributed by atoms with van der Waals surface area (Å²) in [6, 6.07) is 7.97. The summed E-state index contributed by atoms with van der Waals surface area (Å²) in [5.41, 5.74) is 2.15. The van der Waals surface area contributed by atoms with Crippen LogP contribution >= 0.6 is 11.6 Å². The molecule has 1 aliphatic rings. The van der Waals surface area contributed by atoms with Crippen LogP contribution in [0.15, 0.2) is 30.5 Å². The summed E-state index contributed by atoms with van der Waals surface area (Å²) in [6.07, 6.45) is 2.09. The van der Waals surface area contributed by atoms with Gasteiger partial charge in [0.25, 0.3) is 0 Å². The number of hydrogen-bond donors (Lipinski definition) is 0. The van der Waals surface area contributed by atoms with Gasteiger partial charge >= 0.3 is 0 Å². The van der Waals surface area contributed by atoms with Crippen LogP contribution in [0.3, 0.4) is 0 Å². The van der Waals surface area contributed by atoms with Gasteiger partial charge in [-0.15, -0.1) is 0 Å². The third kappa shape index (κ3) is 3.28. The van der Waals surface area contributed by atoms with Crippen LogP contribution in [0.5, 0.6) is 0 Å². The van der Waals surface area contributed by atoms with Crippen LogP contribution in [-0.2, 0) is 4.74 Å². The number of morpholine rings is 1. The molecule has 5 heteroatoms. The Kier molecular flexibility index (Phi) is 4.29. The lowest BCUT2D eigenvalue weighted by Crippen LogP contribution is -2.46. The van der Waals surface area contributed by atoms with E-state index >= 15 is 0 Å². The molecule has 0 amide bonds. The average molecular weight is 306 g/mol. The van der Waals surface area contributed by atoms with Gasteiger partial charge in [0.2, 0.25) is 0 Å². The van der Waals surface area contributed by atoms with Crippen molar-refractivity contribution >= 4 is 28.2 Å². The van der Waals surface area contributed by atoms with Crippen molar-refractivity contribution in [3.8, 4) is 0 Å². The minimum atomic E-state index is 0.240. The largest absolute Gasteiger partial charge is 0.373 e. The Labute approximate surface area is 130 Å². The number of ether oxygens (including phenoxy) is 1. The van der Waals surface area contributed by atoms with E-state index in [4.69, 9.17) is 16.3 Å². The fourth-order valence-corrected chi connectivity index (χ4v) is 3.00. The van der Waals surface area contributed by atoms with Crippen molar-refractivity contribution < 1.29 is 4.74 Å². The molecule has 0 aliphatic carbocycles. The second kappa shape index (κ2) is 6.18. The third-order valence-electron chi connectivity index (χ3n) is 3.73. The van der Waals surface area contributed by atoms with Gasteiger partial charge in [-0.1, -0.05) is 11.6 Å². The van der Waals surface area contributed by atoms with Crippen LogP contribution in [0, 0.1) is 0 Å². The summed E-state index contributed by atoms with van der Waals surface area (Å²) in [5, 5.41) is 1.87. The first-order valence-corrected chi connectivity index (χ1v) is 7.57. The number of likely N-dealkylation sites (N-methyl/N-ethyl adjacent to an activating group) is 1. The normalized spacial score (nSPS) is 19.4. The Morgan fingerprint density at radius 1 is 1.38 bits per heavy atom. The van der Waals surface area contributed by atoms with Crippen LogP contribution < -0.4 is 4.90 Å². The summed E-state index contributed by atoms with van der Waals surface area (Å²) >= 11 is 6.06. The molecule has 21 heavy (non-hydrogen) atoms. The van der Waals surface area contributed by atoms with Gasteiger partial charge in [0.1, 0.15) is 0 Å². The molecule has 2 aromatic rings. The number of pyridine rings is 1. The molecule has 4 nitrogen and oxygen atoms in total. The molecule has 1 saturated heterocycles. The first-order chi connectivity index (χ1) is 10.1. The maximum atomic E-state index is 6.06. The lowest BCUT2D eigenvalue weighted by Gasteiger charge is -2.36. The summed E-state index contributed by atoms with van der Waals surface area (Å²) in [6.45, 7) is 3.51. The van der Waals surface area contributed by atoms with E-state index in [1.54, 1.807) is 0 Å².